The molecule has 0 aliphatic heterocycles. The smallest absolute Gasteiger partial charge is 0.0999 e. The van der Waals surface area contributed by atoms with Gasteiger partial charge in [0.1, 0.15) is 0 Å². The van der Waals surface area contributed by atoms with Crippen LogP contribution >= 0.6 is 0 Å². The highest BCUT2D eigenvalue weighted by molar-refractivity contribution is 5.85. The molecule has 0 amide bonds. The van der Waals surface area contributed by atoms with E-state index in [1.54, 1.807) is 6.20 Å². The number of rotatable bonds is 2. The molecule has 1 aromatic heterocycles. The van der Waals surface area contributed by atoms with E-state index in [0.717, 1.165) is 35.6 Å². The van der Waals surface area contributed by atoms with E-state index in [1.165, 1.54) is 6.42 Å². The Balaban J connectivity index is 1.83. The average molecular weight is 278 g/mol. The summed E-state index contributed by atoms with van der Waals surface area (Å²) in [6, 6.07) is 10.4. The van der Waals surface area contributed by atoms with Crippen molar-refractivity contribution in [3.63, 3.8) is 0 Å². The van der Waals surface area contributed by atoms with Crippen molar-refractivity contribution in [3.05, 3.63) is 42.2 Å². The van der Waals surface area contributed by atoms with E-state index < -0.39 is 11.5 Å². The summed E-state index contributed by atoms with van der Waals surface area (Å²) in [6.45, 7) is 0. The lowest BCUT2D eigenvalue weighted by Crippen LogP contribution is -2.33. The molecule has 2 aromatic rings. The molecule has 0 spiro atoms. The topological polar surface area (TPSA) is 56.9 Å². The van der Waals surface area contributed by atoms with Crippen LogP contribution in [-0.2, 0) is 0 Å². The molecule has 21 heavy (non-hydrogen) atoms. The molecule has 2 bridgehead atoms. The van der Waals surface area contributed by atoms with Gasteiger partial charge in [-0.05, 0) is 36.5 Å². The highest BCUT2D eigenvalue weighted by Crippen LogP contribution is 2.60. The van der Waals surface area contributed by atoms with Crippen LogP contribution in [0, 0.1) is 28.6 Å². The second-order valence-electron chi connectivity index (χ2n) is 6.58. The van der Waals surface area contributed by atoms with Crippen LogP contribution in [-0.4, -0.2) is 10.1 Å². The molecule has 3 nitrogen and oxygen atoms in total. The van der Waals surface area contributed by atoms with E-state index in [1.807, 2.05) is 30.5 Å². The molecule has 0 radical (unpaired) electrons. The molecule has 2 saturated carbocycles. The summed E-state index contributed by atoms with van der Waals surface area (Å²) in [4.78, 5) is 4.26. The minimum Gasteiger partial charge on any atom is -0.387 e. The van der Waals surface area contributed by atoms with E-state index in [9.17, 15) is 10.4 Å². The third-order valence-electron chi connectivity index (χ3n) is 5.59. The Labute approximate surface area is 124 Å². The van der Waals surface area contributed by atoms with E-state index in [-0.39, 0.29) is 0 Å². The van der Waals surface area contributed by atoms with Crippen LogP contribution in [0.1, 0.15) is 37.4 Å². The summed E-state index contributed by atoms with van der Waals surface area (Å²) >= 11 is 0. The number of fused-ring (bicyclic) bond motifs is 3. The molecular weight excluding hydrogens is 260 g/mol. The first kappa shape index (κ1) is 12.8. The number of nitriles is 1. The number of aliphatic hydroxyl groups excluding tert-OH is 1. The lowest BCUT2D eigenvalue weighted by molar-refractivity contribution is 0.0241. The SMILES string of the molecule is N#CC1(C(O)c2cncc3ccccc23)CC2CCC1C2. The highest BCUT2D eigenvalue weighted by Gasteiger charge is 2.56. The van der Waals surface area contributed by atoms with Crippen molar-refractivity contribution in [2.45, 2.75) is 31.8 Å². The summed E-state index contributed by atoms with van der Waals surface area (Å²) < 4.78 is 0. The number of hydrogen-bond acceptors (Lipinski definition) is 3. The third kappa shape index (κ3) is 1.72. The van der Waals surface area contributed by atoms with Gasteiger partial charge in [-0.15, -0.1) is 0 Å². The lowest BCUT2D eigenvalue weighted by atomic mass is 9.68. The predicted molar refractivity (Wildman–Crippen MR) is 80.2 cm³/mol. The van der Waals surface area contributed by atoms with Crippen molar-refractivity contribution in [2.24, 2.45) is 17.3 Å². The van der Waals surface area contributed by atoms with Crippen molar-refractivity contribution in [3.8, 4) is 6.07 Å². The van der Waals surface area contributed by atoms with Gasteiger partial charge in [-0.25, -0.2) is 0 Å². The Morgan fingerprint density at radius 2 is 2.14 bits per heavy atom. The van der Waals surface area contributed by atoms with E-state index in [2.05, 4.69) is 11.1 Å². The van der Waals surface area contributed by atoms with Gasteiger partial charge < -0.3 is 5.11 Å². The molecule has 4 unspecified atom stereocenters. The summed E-state index contributed by atoms with van der Waals surface area (Å²) in [5, 5.41) is 22.9. The van der Waals surface area contributed by atoms with Gasteiger partial charge in [-0.1, -0.05) is 30.7 Å². The summed E-state index contributed by atoms with van der Waals surface area (Å²) in [5.41, 5.74) is 0.191. The van der Waals surface area contributed by atoms with Crippen molar-refractivity contribution >= 4 is 10.8 Å². The first-order valence-corrected chi connectivity index (χ1v) is 7.66. The van der Waals surface area contributed by atoms with Gasteiger partial charge in [0.2, 0.25) is 0 Å². The quantitative estimate of drug-likeness (QED) is 0.913. The lowest BCUT2D eigenvalue weighted by Gasteiger charge is -2.35. The van der Waals surface area contributed by atoms with Gasteiger partial charge in [0.25, 0.3) is 0 Å². The zero-order valence-electron chi connectivity index (χ0n) is 11.9. The van der Waals surface area contributed by atoms with Crippen molar-refractivity contribution in [1.82, 2.24) is 4.98 Å². The molecule has 1 N–H and O–H groups in total. The Morgan fingerprint density at radius 3 is 2.86 bits per heavy atom. The van der Waals surface area contributed by atoms with Crippen LogP contribution < -0.4 is 0 Å². The van der Waals surface area contributed by atoms with E-state index in [4.69, 9.17) is 0 Å². The zero-order valence-corrected chi connectivity index (χ0v) is 11.9. The molecule has 0 saturated heterocycles. The number of nitrogens with zero attached hydrogens (tertiary/aromatic N) is 2. The molecule has 1 aromatic carbocycles. The first-order valence-electron chi connectivity index (χ1n) is 7.66. The van der Waals surface area contributed by atoms with E-state index in [0.29, 0.717) is 11.8 Å². The normalized spacial score (nSPS) is 32.2. The molecule has 106 valence electrons. The number of benzene rings is 1. The van der Waals surface area contributed by atoms with Gasteiger partial charge in [-0.3, -0.25) is 4.98 Å². The van der Waals surface area contributed by atoms with Crippen LogP contribution in [0.2, 0.25) is 0 Å². The fourth-order valence-electron chi connectivity index (χ4n) is 4.54. The zero-order chi connectivity index (χ0) is 14.4. The second kappa shape index (κ2) is 4.54. The number of pyridine rings is 1. The maximum Gasteiger partial charge on any atom is 0.0999 e. The van der Waals surface area contributed by atoms with E-state index >= 15 is 0 Å². The van der Waals surface area contributed by atoms with Crippen molar-refractivity contribution in [2.75, 3.05) is 0 Å². The minimum atomic E-state index is -0.739. The highest BCUT2D eigenvalue weighted by atomic mass is 16.3. The van der Waals surface area contributed by atoms with Gasteiger partial charge in [0.15, 0.2) is 0 Å². The van der Waals surface area contributed by atoms with Gasteiger partial charge in [0.05, 0.1) is 17.6 Å². The molecule has 4 atom stereocenters. The summed E-state index contributed by atoms with van der Waals surface area (Å²) in [5.74, 6) is 0.953. The Kier molecular flexibility index (Phi) is 2.77. The largest absolute Gasteiger partial charge is 0.387 e. The van der Waals surface area contributed by atoms with Gasteiger partial charge >= 0.3 is 0 Å². The fourth-order valence-corrected chi connectivity index (χ4v) is 4.54. The monoisotopic (exact) mass is 278 g/mol. The molecule has 3 heteroatoms. The Morgan fingerprint density at radius 1 is 1.29 bits per heavy atom. The summed E-state index contributed by atoms with van der Waals surface area (Å²) in [7, 11) is 0. The van der Waals surface area contributed by atoms with Crippen LogP contribution in [0.15, 0.2) is 36.7 Å². The fraction of sp³-hybridized carbons (Fsp3) is 0.444. The standard InChI is InChI=1S/C18H18N2O/c19-11-18(8-12-5-6-14(18)7-12)17(21)16-10-20-9-13-3-1-2-4-15(13)16/h1-4,9-10,12,14,17,21H,5-8H2. The number of hydrogen-bond donors (Lipinski definition) is 1. The predicted octanol–water partition coefficient (Wildman–Crippen LogP) is 3.60. The summed E-state index contributed by atoms with van der Waals surface area (Å²) in [6.07, 6.45) is 7.03. The van der Waals surface area contributed by atoms with Crippen LogP contribution in [0.3, 0.4) is 0 Å². The minimum absolute atomic E-state index is 0.335. The maximum atomic E-state index is 11.0. The molecule has 2 fully saturated rings. The van der Waals surface area contributed by atoms with Crippen molar-refractivity contribution in [1.29, 1.82) is 5.26 Å². The number of aromatic nitrogens is 1. The Bertz CT molecular complexity index is 730. The molecule has 2 aliphatic rings. The first-order chi connectivity index (χ1) is 10.2. The van der Waals surface area contributed by atoms with Crippen LogP contribution in [0.5, 0.6) is 0 Å². The van der Waals surface area contributed by atoms with Gasteiger partial charge in [0, 0.05) is 23.3 Å². The molecule has 4 rings (SSSR count). The molecule has 2 aliphatic carbocycles. The van der Waals surface area contributed by atoms with Crippen molar-refractivity contribution < 1.29 is 5.11 Å². The Hall–Kier alpha value is -1.92. The second-order valence-corrected chi connectivity index (χ2v) is 6.58. The number of aliphatic hydroxyl groups is 1. The van der Waals surface area contributed by atoms with Crippen LogP contribution in [0.4, 0.5) is 0 Å². The van der Waals surface area contributed by atoms with Crippen LogP contribution in [0.25, 0.3) is 10.8 Å². The maximum absolute atomic E-state index is 11.0. The molecule has 1 heterocycles. The van der Waals surface area contributed by atoms with Gasteiger partial charge in [-0.2, -0.15) is 5.26 Å². The molecular formula is C18H18N2O. The third-order valence-corrected chi connectivity index (χ3v) is 5.59. The average Bonchev–Trinajstić information content (AvgIpc) is 3.15.